The number of carbonyl (C=O) groups is 1. The molecular formula is C22H18BrN3O2S2. The van der Waals surface area contributed by atoms with E-state index in [0.717, 1.165) is 14.6 Å². The van der Waals surface area contributed by atoms with Crippen LogP contribution in [0.3, 0.4) is 0 Å². The fourth-order valence-electron chi connectivity index (χ4n) is 3.00. The van der Waals surface area contributed by atoms with Gasteiger partial charge in [-0.1, -0.05) is 65.6 Å². The molecule has 0 unspecified atom stereocenters. The molecule has 0 saturated carbocycles. The molecule has 0 radical (unpaired) electrons. The van der Waals surface area contributed by atoms with Gasteiger partial charge in [0.2, 0.25) is 5.13 Å². The number of thioether (sulfide) groups is 1. The Kier molecular flexibility index (Phi) is 6.66. The molecule has 0 saturated heterocycles. The van der Waals surface area contributed by atoms with Crippen LogP contribution >= 0.6 is 39.0 Å². The van der Waals surface area contributed by atoms with Crippen LogP contribution < -0.4 is 10.1 Å². The second-order valence-corrected chi connectivity index (χ2v) is 9.48. The highest BCUT2D eigenvalue weighted by Gasteiger charge is 2.11. The number of halogens is 1. The summed E-state index contributed by atoms with van der Waals surface area (Å²) in [6.07, 6.45) is 0. The minimum Gasteiger partial charge on any atom is -0.496 e. The summed E-state index contributed by atoms with van der Waals surface area (Å²) in [5, 5.41) is 14.6. The third kappa shape index (κ3) is 4.83. The number of Topliss-reactive ketones (excluding diaryl/α,β-unsaturated/α-hetero) is 1. The standard InChI is InChI=1S/C22H18BrN3O2S2/c1-28-20-10-9-15(11-18(20)23)19(27)12-24-21-25-26-22(30-21)29-13-16-7-4-6-14-5-2-3-8-17(14)16/h2-11H,12-13H2,1H3,(H,24,25). The number of benzene rings is 3. The van der Waals surface area contributed by atoms with Crippen LogP contribution in [-0.2, 0) is 5.75 Å². The maximum Gasteiger partial charge on any atom is 0.206 e. The van der Waals surface area contributed by atoms with E-state index < -0.39 is 0 Å². The molecule has 0 bridgehead atoms. The molecule has 1 aromatic heterocycles. The molecule has 30 heavy (non-hydrogen) atoms. The molecule has 8 heteroatoms. The summed E-state index contributed by atoms with van der Waals surface area (Å²) >= 11 is 6.50. The predicted octanol–water partition coefficient (Wildman–Crippen LogP) is 6.05. The topological polar surface area (TPSA) is 64.1 Å². The maximum absolute atomic E-state index is 12.4. The average Bonchev–Trinajstić information content (AvgIpc) is 3.23. The van der Waals surface area contributed by atoms with Gasteiger partial charge < -0.3 is 10.1 Å². The van der Waals surface area contributed by atoms with Crippen LogP contribution in [0.4, 0.5) is 5.13 Å². The highest BCUT2D eigenvalue weighted by atomic mass is 79.9. The normalized spacial score (nSPS) is 10.9. The van der Waals surface area contributed by atoms with E-state index in [1.807, 2.05) is 6.07 Å². The van der Waals surface area contributed by atoms with Crippen molar-refractivity contribution in [3.05, 3.63) is 76.3 Å². The number of ketones is 1. The number of aromatic nitrogens is 2. The van der Waals surface area contributed by atoms with Gasteiger partial charge in [0.05, 0.1) is 18.1 Å². The van der Waals surface area contributed by atoms with Gasteiger partial charge in [0.1, 0.15) is 5.75 Å². The predicted molar refractivity (Wildman–Crippen MR) is 127 cm³/mol. The molecule has 0 aliphatic heterocycles. The molecule has 0 fully saturated rings. The van der Waals surface area contributed by atoms with E-state index in [0.29, 0.717) is 16.4 Å². The monoisotopic (exact) mass is 499 g/mol. The number of carbonyl (C=O) groups excluding carboxylic acids is 1. The molecule has 1 N–H and O–H groups in total. The van der Waals surface area contributed by atoms with Crippen LogP contribution in [0, 0.1) is 0 Å². The van der Waals surface area contributed by atoms with Crippen molar-refractivity contribution in [1.82, 2.24) is 10.2 Å². The molecule has 0 aliphatic rings. The van der Waals surface area contributed by atoms with E-state index in [1.165, 1.54) is 27.7 Å². The molecule has 0 amide bonds. The number of nitrogens with one attached hydrogen (secondary N) is 1. The summed E-state index contributed by atoms with van der Waals surface area (Å²) in [7, 11) is 1.59. The Hall–Kier alpha value is -2.42. The number of hydrogen-bond acceptors (Lipinski definition) is 7. The third-order valence-electron chi connectivity index (χ3n) is 4.51. The van der Waals surface area contributed by atoms with Gasteiger partial charge >= 0.3 is 0 Å². The summed E-state index contributed by atoms with van der Waals surface area (Å²) in [5.41, 5.74) is 1.87. The molecule has 0 atom stereocenters. The number of fused-ring (bicyclic) bond motifs is 1. The molecule has 152 valence electrons. The van der Waals surface area contributed by atoms with Crippen molar-refractivity contribution in [3.63, 3.8) is 0 Å². The largest absolute Gasteiger partial charge is 0.496 e. The van der Waals surface area contributed by atoms with E-state index in [4.69, 9.17) is 4.74 Å². The number of ether oxygens (including phenoxy) is 1. The van der Waals surface area contributed by atoms with Crippen LogP contribution in [0.5, 0.6) is 5.75 Å². The van der Waals surface area contributed by atoms with Crippen molar-refractivity contribution in [1.29, 1.82) is 0 Å². The van der Waals surface area contributed by atoms with Gasteiger partial charge in [-0.25, -0.2) is 0 Å². The van der Waals surface area contributed by atoms with Gasteiger partial charge in [0.15, 0.2) is 10.1 Å². The van der Waals surface area contributed by atoms with Crippen molar-refractivity contribution < 1.29 is 9.53 Å². The molecule has 4 rings (SSSR count). The van der Waals surface area contributed by atoms with Gasteiger partial charge in [-0.3, -0.25) is 4.79 Å². The van der Waals surface area contributed by atoms with Crippen LogP contribution in [0.1, 0.15) is 15.9 Å². The number of hydrogen-bond donors (Lipinski definition) is 1. The highest BCUT2D eigenvalue weighted by molar-refractivity contribution is 9.10. The summed E-state index contributed by atoms with van der Waals surface area (Å²) < 4.78 is 6.81. The molecule has 0 aliphatic carbocycles. The zero-order chi connectivity index (χ0) is 20.9. The smallest absolute Gasteiger partial charge is 0.206 e. The summed E-state index contributed by atoms with van der Waals surface area (Å²) in [5.74, 6) is 1.48. The Balaban J connectivity index is 1.35. The zero-order valence-corrected chi connectivity index (χ0v) is 19.3. The second-order valence-electron chi connectivity index (χ2n) is 6.43. The Morgan fingerprint density at radius 3 is 2.80 bits per heavy atom. The van der Waals surface area contributed by atoms with Gasteiger partial charge in [0, 0.05) is 11.3 Å². The lowest BCUT2D eigenvalue weighted by Gasteiger charge is -2.06. The van der Waals surface area contributed by atoms with E-state index >= 15 is 0 Å². The lowest BCUT2D eigenvalue weighted by atomic mass is 10.1. The van der Waals surface area contributed by atoms with E-state index in [2.05, 4.69) is 67.8 Å². The summed E-state index contributed by atoms with van der Waals surface area (Å²) in [6, 6.07) is 20.0. The van der Waals surface area contributed by atoms with Crippen molar-refractivity contribution in [2.75, 3.05) is 19.0 Å². The lowest BCUT2D eigenvalue weighted by Crippen LogP contribution is -2.13. The van der Waals surface area contributed by atoms with Crippen LogP contribution in [0.2, 0.25) is 0 Å². The number of nitrogens with zero attached hydrogens (tertiary/aromatic N) is 2. The SMILES string of the molecule is COc1ccc(C(=O)CNc2nnc(SCc3cccc4ccccc34)s2)cc1Br. The molecule has 3 aromatic carbocycles. The minimum absolute atomic E-state index is 0.0292. The first-order chi connectivity index (χ1) is 14.6. The third-order valence-corrected chi connectivity index (χ3v) is 7.19. The van der Waals surface area contributed by atoms with Crippen molar-refractivity contribution >= 4 is 60.7 Å². The lowest BCUT2D eigenvalue weighted by molar-refractivity contribution is 0.101. The minimum atomic E-state index is -0.0292. The first-order valence-electron chi connectivity index (χ1n) is 9.17. The van der Waals surface area contributed by atoms with Gasteiger partial charge in [-0.15, -0.1) is 10.2 Å². The Morgan fingerprint density at radius 2 is 1.97 bits per heavy atom. The van der Waals surface area contributed by atoms with Crippen LogP contribution in [-0.4, -0.2) is 29.6 Å². The van der Waals surface area contributed by atoms with E-state index in [9.17, 15) is 4.79 Å². The molecule has 0 spiro atoms. The fourth-order valence-corrected chi connectivity index (χ4v) is 5.29. The molecule has 5 nitrogen and oxygen atoms in total. The Bertz CT molecular complexity index is 1190. The molecule has 4 aromatic rings. The number of rotatable bonds is 8. The van der Waals surface area contributed by atoms with Gasteiger partial charge in [-0.05, 0) is 50.5 Å². The summed E-state index contributed by atoms with van der Waals surface area (Å²) in [6.45, 7) is 0.154. The fraction of sp³-hybridized carbons (Fsp3) is 0.136. The highest BCUT2D eigenvalue weighted by Crippen LogP contribution is 2.31. The van der Waals surface area contributed by atoms with Crippen molar-refractivity contribution in [3.8, 4) is 5.75 Å². The quantitative estimate of drug-likeness (QED) is 0.235. The van der Waals surface area contributed by atoms with E-state index in [1.54, 1.807) is 37.1 Å². The molecule has 1 heterocycles. The van der Waals surface area contributed by atoms with Crippen molar-refractivity contribution in [2.45, 2.75) is 10.1 Å². The van der Waals surface area contributed by atoms with Crippen LogP contribution in [0.25, 0.3) is 10.8 Å². The molecular weight excluding hydrogens is 482 g/mol. The first kappa shape index (κ1) is 20.8. The van der Waals surface area contributed by atoms with Gasteiger partial charge in [0.25, 0.3) is 0 Å². The Labute approximate surface area is 191 Å². The first-order valence-corrected chi connectivity index (χ1v) is 11.8. The maximum atomic E-state index is 12.4. The number of anilines is 1. The average molecular weight is 500 g/mol. The second kappa shape index (κ2) is 9.59. The Morgan fingerprint density at radius 1 is 1.13 bits per heavy atom. The van der Waals surface area contributed by atoms with Crippen LogP contribution in [0.15, 0.2) is 69.5 Å². The number of methoxy groups -OCH3 is 1. The van der Waals surface area contributed by atoms with Gasteiger partial charge in [-0.2, -0.15) is 0 Å². The van der Waals surface area contributed by atoms with E-state index in [-0.39, 0.29) is 12.3 Å². The van der Waals surface area contributed by atoms with Crippen molar-refractivity contribution in [2.24, 2.45) is 0 Å². The zero-order valence-electron chi connectivity index (χ0n) is 16.1. The summed E-state index contributed by atoms with van der Waals surface area (Å²) in [4.78, 5) is 12.4.